The second kappa shape index (κ2) is 17.5. The quantitative estimate of drug-likeness (QED) is 0.0988. The van der Waals surface area contributed by atoms with E-state index in [2.05, 4.69) is 173 Å². The molecule has 0 aliphatic carbocycles. The third kappa shape index (κ3) is 9.26. The minimum atomic E-state index is -3.87. The number of hydrogen-bond donors (Lipinski definition) is 0. The molecular weight excluding hydrogens is 770 g/mol. The molecule has 0 bridgehead atoms. The van der Waals surface area contributed by atoms with E-state index in [4.69, 9.17) is 24.1 Å². The summed E-state index contributed by atoms with van der Waals surface area (Å²) in [6.07, 6.45) is 6.24. The maximum absolute atomic E-state index is 8.04. The summed E-state index contributed by atoms with van der Waals surface area (Å²) >= 11 is -3.87. The van der Waals surface area contributed by atoms with Crippen LogP contribution >= 0.6 is 19.4 Å². The fourth-order valence-corrected chi connectivity index (χ4v) is 13.3. The van der Waals surface area contributed by atoms with Crippen molar-refractivity contribution in [3.05, 3.63) is 119 Å². The van der Waals surface area contributed by atoms with Crippen LogP contribution in [0.1, 0.15) is 133 Å². The Labute approximate surface area is 324 Å². The molecule has 0 radical (unpaired) electrons. The predicted octanol–water partition coefficient (Wildman–Crippen LogP) is 11.6. The van der Waals surface area contributed by atoms with Gasteiger partial charge in [0.05, 0.1) is 0 Å². The van der Waals surface area contributed by atoms with Gasteiger partial charge in [-0.2, -0.15) is 0 Å². The van der Waals surface area contributed by atoms with Gasteiger partial charge in [0.25, 0.3) is 0 Å². The third-order valence-electron chi connectivity index (χ3n) is 9.75. The van der Waals surface area contributed by atoms with Crippen LogP contribution < -0.4 is 19.1 Å². The average Bonchev–Trinajstić information content (AvgIpc) is 3.54. The number of nitrogens with zero attached hydrogens (tertiary/aromatic N) is 3. The van der Waals surface area contributed by atoms with Crippen LogP contribution in [0.5, 0.6) is 5.75 Å². The Morgan fingerprint density at radius 2 is 1.15 bits per heavy atom. The second-order valence-electron chi connectivity index (χ2n) is 15.5. The molecule has 0 spiro atoms. The normalized spacial score (nSPS) is 14.1. The van der Waals surface area contributed by atoms with Crippen LogP contribution in [0.2, 0.25) is 0 Å². The van der Waals surface area contributed by atoms with Crippen molar-refractivity contribution in [1.29, 1.82) is 0 Å². The molecule has 0 unspecified atom stereocenters. The first kappa shape index (κ1) is 40.3. The number of aromatic nitrogens is 1. The van der Waals surface area contributed by atoms with Crippen molar-refractivity contribution in [2.75, 3.05) is 22.9 Å². The van der Waals surface area contributed by atoms with E-state index in [0.717, 1.165) is 48.1 Å². The Morgan fingerprint density at radius 3 is 1.60 bits per heavy atom. The van der Waals surface area contributed by atoms with Gasteiger partial charge in [-0.1, -0.05) is 0 Å². The van der Waals surface area contributed by atoms with Gasteiger partial charge in [0.1, 0.15) is 0 Å². The number of aryl methyl sites for hydroxylation is 2. The molecule has 1 saturated heterocycles. The number of para-hydroxylation sites is 2. The number of rotatable bonds is 13. The van der Waals surface area contributed by atoms with Crippen molar-refractivity contribution >= 4 is 39.7 Å². The van der Waals surface area contributed by atoms with Crippen LogP contribution in [0.25, 0.3) is 0 Å². The van der Waals surface area contributed by atoms with Gasteiger partial charge in [0.2, 0.25) is 0 Å². The molecule has 3 aromatic carbocycles. The van der Waals surface area contributed by atoms with Gasteiger partial charge in [-0.15, -0.1) is 0 Å². The van der Waals surface area contributed by atoms with Crippen molar-refractivity contribution in [2.24, 2.45) is 0 Å². The van der Waals surface area contributed by atoms with Crippen LogP contribution in [0.15, 0.2) is 85.2 Å². The molecule has 1 aliphatic rings. The Morgan fingerprint density at radius 1 is 0.673 bits per heavy atom. The molecule has 4 nitrogen and oxygen atoms in total. The van der Waals surface area contributed by atoms with Crippen molar-refractivity contribution in [3.63, 3.8) is 0 Å². The summed E-state index contributed by atoms with van der Waals surface area (Å²) in [5.74, 6) is 2.18. The van der Waals surface area contributed by atoms with E-state index in [1.165, 1.54) is 39.2 Å². The Hall–Kier alpha value is -2.85. The monoisotopic (exact) mass is 830 g/mol. The van der Waals surface area contributed by atoms with Gasteiger partial charge in [0.15, 0.2) is 0 Å². The van der Waals surface area contributed by atoms with Crippen LogP contribution in [-0.4, -0.2) is 28.2 Å². The predicted molar refractivity (Wildman–Crippen MR) is 223 cm³/mol. The molecule has 0 N–H and O–H groups in total. The van der Waals surface area contributed by atoms with E-state index < -0.39 is 11.9 Å². The summed E-state index contributed by atoms with van der Waals surface area (Å²) in [5, 5.41) is 0. The van der Waals surface area contributed by atoms with Crippen LogP contribution in [0.4, 0.5) is 11.4 Å². The minimum absolute atomic E-state index is 0.0168. The van der Waals surface area contributed by atoms with Crippen LogP contribution in [0, 0.1) is 0 Å². The van der Waals surface area contributed by atoms with Crippen LogP contribution in [-0.2, 0) is 24.9 Å². The Kier molecular flexibility index (Phi) is 13.6. The van der Waals surface area contributed by atoms with E-state index >= 15 is 0 Å². The molecule has 2 heterocycles. The summed E-state index contributed by atoms with van der Waals surface area (Å²) in [6, 6.07) is 26.4. The first-order valence-electron chi connectivity index (χ1n) is 19.1. The summed E-state index contributed by atoms with van der Waals surface area (Å²) < 4.78 is 11.9. The van der Waals surface area contributed by atoms with E-state index in [0.29, 0.717) is 23.7 Å². The molecule has 52 heavy (non-hydrogen) atoms. The summed E-state index contributed by atoms with van der Waals surface area (Å²) in [5.41, 5.74) is 10.1. The average molecular weight is 831 g/mol. The molecule has 0 amide bonds. The van der Waals surface area contributed by atoms with Gasteiger partial charge < -0.3 is 0 Å². The van der Waals surface area contributed by atoms with Crippen molar-refractivity contribution in [2.45, 2.75) is 118 Å². The first-order chi connectivity index (χ1) is 24.7. The number of pyridine rings is 1. The zero-order valence-corrected chi connectivity index (χ0v) is 36.2. The Balaban J connectivity index is 1.78. The topological polar surface area (TPSA) is 19.6 Å². The van der Waals surface area contributed by atoms with Crippen molar-refractivity contribution in [3.8, 4) is 5.75 Å². The van der Waals surface area contributed by atoms with Gasteiger partial charge >= 0.3 is 327 Å². The molecular formula is C45H60Cl2N3ORu+. The van der Waals surface area contributed by atoms with E-state index in [1.807, 2.05) is 0 Å². The fraction of sp³-hybridized carbons (Fsp3) is 0.444. The zero-order chi connectivity index (χ0) is 37.7. The number of ether oxygens (including phenoxy) is 1. The van der Waals surface area contributed by atoms with E-state index in [9.17, 15) is 0 Å². The number of hydrogen-bond acceptors (Lipinski definition) is 3. The Bertz CT molecular complexity index is 1820. The molecule has 1 aromatic heterocycles. The van der Waals surface area contributed by atoms with Gasteiger partial charge in [0, 0.05) is 0 Å². The zero-order valence-electron chi connectivity index (χ0n) is 32.9. The second-order valence-corrected chi connectivity index (χ2v) is 24.8. The standard InChI is InChI=1S/C27H38N2.C18H22NO.2ClH.Ru/c1-18(2)22-11-9-12-23(19(3)4)26(22)28-15-16-29(17-28)27-24(20(5)6)13-10-14-25(27)21(7)8;1-15(2)20-18-10-9-17(14-16(18)3)8-7-13-19-11-5-4-6-12-19;;;/h9-14,18-21H,15-16H2,1-8H3;3-6,9-12,14-15H,7-8,13H2,1-2H3;2*1H;/q;+1;;;+2/p-2. The molecule has 4 aromatic rings. The SMILES string of the molecule is CC(C)Oc1ccc(CCC[n+]2ccccc2)cc1[CH]=[Ru]([Cl])([Cl])=[C]1N(c2c(C(C)C)cccc2C(C)C)CCN1c1c(C(C)C)cccc1C(C)C. The molecule has 0 atom stereocenters. The summed E-state index contributed by atoms with van der Waals surface area (Å²) in [6.45, 7) is 25.1. The molecule has 5 rings (SSSR count). The van der Waals surface area contributed by atoms with Crippen LogP contribution in [0.3, 0.4) is 0 Å². The van der Waals surface area contributed by atoms with E-state index in [1.54, 1.807) is 0 Å². The van der Waals surface area contributed by atoms with Crippen molar-refractivity contribution < 1.29 is 21.2 Å². The van der Waals surface area contributed by atoms with E-state index in [-0.39, 0.29) is 6.10 Å². The van der Waals surface area contributed by atoms with Crippen molar-refractivity contribution in [1.82, 2.24) is 0 Å². The summed E-state index contributed by atoms with van der Waals surface area (Å²) in [7, 11) is 16.1. The molecule has 7 heteroatoms. The summed E-state index contributed by atoms with van der Waals surface area (Å²) in [4.78, 5) is 5.02. The third-order valence-corrected chi connectivity index (χ3v) is 15.2. The maximum atomic E-state index is 8.04. The molecule has 0 saturated carbocycles. The first-order valence-corrected chi connectivity index (χ1v) is 25.4. The van der Waals surface area contributed by atoms with Gasteiger partial charge in [-0.25, -0.2) is 0 Å². The van der Waals surface area contributed by atoms with Gasteiger partial charge in [-0.3, -0.25) is 0 Å². The van der Waals surface area contributed by atoms with Gasteiger partial charge in [-0.05, 0) is 0 Å². The number of benzene rings is 3. The molecule has 282 valence electrons. The molecule has 1 aliphatic heterocycles. The number of anilines is 2. The number of halogens is 2. The fourth-order valence-electron chi connectivity index (χ4n) is 7.26. The molecule has 1 fully saturated rings.